The van der Waals surface area contributed by atoms with Crippen molar-refractivity contribution in [2.45, 2.75) is 0 Å². The summed E-state index contributed by atoms with van der Waals surface area (Å²) in [5.41, 5.74) is 12.2. The Morgan fingerprint density at radius 3 is 1.70 bits per heavy atom. The molecule has 0 N–H and O–H groups in total. The zero-order chi connectivity index (χ0) is 37.0. The Bertz CT molecular complexity index is 3230. The van der Waals surface area contributed by atoms with Gasteiger partial charge in [0.1, 0.15) is 11.2 Å². The number of fused-ring (bicyclic) bond motifs is 8. The second-order valence-corrected chi connectivity index (χ2v) is 14.5. The van der Waals surface area contributed by atoms with Crippen molar-refractivity contribution in [3.63, 3.8) is 0 Å². The van der Waals surface area contributed by atoms with Crippen LogP contribution in [0.15, 0.2) is 217 Å². The van der Waals surface area contributed by atoms with Crippen molar-refractivity contribution in [1.29, 1.82) is 0 Å². The minimum atomic E-state index is 0.893. The van der Waals surface area contributed by atoms with E-state index in [0.717, 1.165) is 55.5 Å². The first-order valence-electron chi connectivity index (χ1n) is 19.2. The third-order valence-corrected chi connectivity index (χ3v) is 11.2. The molecular weight excluding hydrogens is 679 g/mol. The molecule has 0 atom stereocenters. The maximum absolute atomic E-state index is 6.58. The zero-order valence-corrected chi connectivity index (χ0v) is 30.6. The number of furan rings is 1. The standard InChI is InChI=1S/C54H35NO/c1-2-12-36(13-3-1)37-24-29-42(30-25-37)55(43-31-26-39(27-32-43)51-35-41-15-5-6-18-45(41)48-20-8-9-21-49(48)51)44-17-10-16-40(34-44)46-22-11-23-52-53(46)50-33-28-38-14-4-7-19-47(38)54(50)56-52/h1-35H. The second kappa shape index (κ2) is 13.2. The fraction of sp³-hybridized carbons (Fsp3) is 0. The molecule has 0 unspecified atom stereocenters. The predicted octanol–water partition coefficient (Wildman–Crippen LogP) is 15.5. The lowest BCUT2D eigenvalue weighted by molar-refractivity contribution is 0.673. The third-order valence-electron chi connectivity index (χ3n) is 11.2. The lowest BCUT2D eigenvalue weighted by Crippen LogP contribution is -2.10. The van der Waals surface area contributed by atoms with Crippen molar-refractivity contribution in [1.82, 2.24) is 0 Å². The van der Waals surface area contributed by atoms with E-state index in [4.69, 9.17) is 4.42 Å². The molecule has 0 radical (unpaired) electrons. The Hall–Kier alpha value is -7.42. The Labute approximate surface area is 325 Å². The predicted molar refractivity (Wildman–Crippen MR) is 237 cm³/mol. The molecule has 11 aromatic rings. The SMILES string of the molecule is c1ccc(-c2ccc(N(c3ccc(-c4cc5ccccc5c5ccccc45)cc3)c3cccc(-c4cccc5oc6c7ccccc7ccc6c45)c3)cc2)cc1. The van der Waals surface area contributed by atoms with Crippen molar-refractivity contribution < 1.29 is 4.42 Å². The first kappa shape index (κ1) is 32.0. The first-order chi connectivity index (χ1) is 27.8. The van der Waals surface area contributed by atoms with Crippen molar-refractivity contribution in [2.24, 2.45) is 0 Å². The summed E-state index contributed by atoms with van der Waals surface area (Å²) in [6, 6.07) is 76.4. The van der Waals surface area contributed by atoms with Gasteiger partial charge >= 0.3 is 0 Å². The van der Waals surface area contributed by atoms with Gasteiger partial charge in [-0.15, -0.1) is 0 Å². The van der Waals surface area contributed by atoms with Crippen molar-refractivity contribution in [3.8, 4) is 33.4 Å². The van der Waals surface area contributed by atoms with Crippen LogP contribution in [0.25, 0.3) is 87.6 Å². The van der Waals surface area contributed by atoms with Crippen LogP contribution >= 0.6 is 0 Å². The fourth-order valence-corrected chi connectivity index (χ4v) is 8.57. The number of hydrogen-bond donors (Lipinski definition) is 0. The molecule has 0 fully saturated rings. The topological polar surface area (TPSA) is 16.4 Å². The Balaban J connectivity index is 1.05. The molecule has 0 amide bonds. The van der Waals surface area contributed by atoms with E-state index < -0.39 is 0 Å². The molecule has 0 spiro atoms. The first-order valence-corrected chi connectivity index (χ1v) is 19.2. The van der Waals surface area contributed by atoms with Crippen molar-refractivity contribution >= 4 is 71.3 Å². The van der Waals surface area contributed by atoms with Crippen LogP contribution in [0.5, 0.6) is 0 Å². The highest BCUT2D eigenvalue weighted by molar-refractivity contribution is 6.19. The Morgan fingerprint density at radius 2 is 0.911 bits per heavy atom. The van der Waals surface area contributed by atoms with Crippen molar-refractivity contribution in [3.05, 3.63) is 212 Å². The molecule has 0 aliphatic carbocycles. The molecule has 0 aliphatic heterocycles. The maximum atomic E-state index is 6.58. The van der Waals surface area contributed by atoms with E-state index in [1.165, 1.54) is 49.2 Å². The van der Waals surface area contributed by atoms with Crippen LogP contribution in [0.2, 0.25) is 0 Å². The summed E-state index contributed by atoms with van der Waals surface area (Å²) < 4.78 is 6.58. The van der Waals surface area contributed by atoms with Gasteiger partial charge in [-0.1, -0.05) is 158 Å². The van der Waals surface area contributed by atoms with E-state index >= 15 is 0 Å². The smallest absolute Gasteiger partial charge is 0.143 e. The molecular formula is C54H35NO. The molecule has 262 valence electrons. The van der Waals surface area contributed by atoms with Crippen molar-refractivity contribution in [2.75, 3.05) is 4.90 Å². The van der Waals surface area contributed by atoms with Gasteiger partial charge in [0.05, 0.1) is 0 Å². The van der Waals surface area contributed by atoms with E-state index in [-0.39, 0.29) is 0 Å². The zero-order valence-electron chi connectivity index (χ0n) is 30.6. The number of nitrogens with zero attached hydrogens (tertiary/aromatic N) is 1. The van der Waals surface area contributed by atoms with Gasteiger partial charge in [-0.3, -0.25) is 0 Å². The van der Waals surface area contributed by atoms with Crippen LogP contribution in [0.3, 0.4) is 0 Å². The highest BCUT2D eigenvalue weighted by Crippen LogP contribution is 2.43. The minimum Gasteiger partial charge on any atom is -0.455 e. The maximum Gasteiger partial charge on any atom is 0.143 e. The van der Waals surface area contributed by atoms with Gasteiger partial charge in [-0.25, -0.2) is 0 Å². The highest BCUT2D eigenvalue weighted by atomic mass is 16.3. The molecule has 1 heterocycles. The summed E-state index contributed by atoms with van der Waals surface area (Å²) in [5, 5.41) is 9.63. The van der Waals surface area contributed by atoms with E-state index in [1.54, 1.807) is 0 Å². The molecule has 2 nitrogen and oxygen atoms in total. The minimum absolute atomic E-state index is 0.893. The van der Waals surface area contributed by atoms with Crippen LogP contribution in [0.4, 0.5) is 17.1 Å². The summed E-state index contributed by atoms with van der Waals surface area (Å²) in [5.74, 6) is 0. The van der Waals surface area contributed by atoms with Gasteiger partial charge in [0.2, 0.25) is 0 Å². The summed E-state index contributed by atoms with van der Waals surface area (Å²) in [7, 11) is 0. The van der Waals surface area contributed by atoms with Crippen LogP contribution < -0.4 is 4.90 Å². The number of benzene rings is 10. The van der Waals surface area contributed by atoms with E-state index in [2.05, 4.69) is 217 Å². The van der Waals surface area contributed by atoms with Gasteiger partial charge in [-0.2, -0.15) is 0 Å². The lowest BCUT2D eigenvalue weighted by Gasteiger charge is -2.26. The Kier molecular flexibility index (Phi) is 7.53. The average Bonchev–Trinajstić information content (AvgIpc) is 3.67. The molecule has 2 heteroatoms. The molecule has 0 bridgehead atoms. The van der Waals surface area contributed by atoms with E-state index in [9.17, 15) is 0 Å². The largest absolute Gasteiger partial charge is 0.455 e. The van der Waals surface area contributed by atoms with Crippen LogP contribution in [0.1, 0.15) is 0 Å². The van der Waals surface area contributed by atoms with Gasteiger partial charge in [0.25, 0.3) is 0 Å². The second-order valence-electron chi connectivity index (χ2n) is 14.5. The molecule has 1 aromatic heterocycles. The summed E-state index contributed by atoms with van der Waals surface area (Å²) in [4.78, 5) is 2.36. The van der Waals surface area contributed by atoms with Crippen LogP contribution in [0, 0.1) is 0 Å². The van der Waals surface area contributed by atoms with E-state index in [0.29, 0.717) is 0 Å². The van der Waals surface area contributed by atoms with Gasteiger partial charge in [0, 0.05) is 33.2 Å². The monoisotopic (exact) mass is 713 g/mol. The van der Waals surface area contributed by atoms with E-state index in [1.807, 2.05) is 0 Å². The van der Waals surface area contributed by atoms with Gasteiger partial charge in [-0.05, 0) is 115 Å². The molecule has 0 saturated heterocycles. The summed E-state index contributed by atoms with van der Waals surface area (Å²) in [6.07, 6.45) is 0. The highest BCUT2D eigenvalue weighted by Gasteiger charge is 2.18. The molecule has 11 rings (SSSR count). The molecule has 0 saturated carbocycles. The summed E-state index contributed by atoms with van der Waals surface area (Å²) >= 11 is 0. The Morgan fingerprint density at radius 1 is 0.304 bits per heavy atom. The average molecular weight is 714 g/mol. The molecule has 0 aliphatic rings. The molecule has 10 aromatic carbocycles. The van der Waals surface area contributed by atoms with Gasteiger partial charge < -0.3 is 9.32 Å². The quantitative estimate of drug-likeness (QED) is 0.160. The van der Waals surface area contributed by atoms with Crippen LogP contribution in [-0.2, 0) is 0 Å². The van der Waals surface area contributed by atoms with Crippen LogP contribution in [-0.4, -0.2) is 0 Å². The fourth-order valence-electron chi connectivity index (χ4n) is 8.57. The third kappa shape index (κ3) is 5.34. The van der Waals surface area contributed by atoms with Gasteiger partial charge in [0.15, 0.2) is 0 Å². The summed E-state index contributed by atoms with van der Waals surface area (Å²) in [6.45, 7) is 0. The lowest BCUT2D eigenvalue weighted by atomic mass is 9.93. The molecule has 56 heavy (non-hydrogen) atoms. The number of rotatable bonds is 6. The number of anilines is 3. The number of hydrogen-bond acceptors (Lipinski definition) is 2. The normalized spacial score (nSPS) is 11.6.